The molecule has 2 rings (SSSR count). The van der Waals surface area contributed by atoms with E-state index in [4.69, 9.17) is 4.74 Å². The second-order valence-electron chi connectivity index (χ2n) is 4.84. The van der Waals surface area contributed by atoms with Crippen molar-refractivity contribution in [2.45, 2.75) is 24.9 Å². The van der Waals surface area contributed by atoms with Crippen LogP contribution in [0.1, 0.15) is 28.9 Å². The van der Waals surface area contributed by atoms with Gasteiger partial charge in [-0.1, -0.05) is 60.2 Å². The van der Waals surface area contributed by atoms with Crippen molar-refractivity contribution in [2.24, 2.45) is 0 Å². The molecule has 0 bridgehead atoms. The number of benzene rings is 2. The molecule has 0 aliphatic heterocycles. The maximum absolute atomic E-state index is 12.2. The SMILES string of the molecule is CCOC(=O)C(SCc1cccc(C)c1)c1ccccc1. The lowest BCUT2D eigenvalue weighted by Gasteiger charge is -2.15. The van der Waals surface area contributed by atoms with Crippen LogP contribution in [0, 0.1) is 6.92 Å². The second kappa shape index (κ2) is 7.89. The number of carbonyl (C=O) groups is 1. The average molecular weight is 300 g/mol. The molecular formula is C18H20O2S. The Bertz CT molecular complexity index is 581. The van der Waals surface area contributed by atoms with E-state index in [0.29, 0.717) is 6.61 Å². The minimum absolute atomic E-state index is 0.165. The van der Waals surface area contributed by atoms with E-state index in [2.05, 4.69) is 25.1 Å². The summed E-state index contributed by atoms with van der Waals surface area (Å²) < 4.78 is 5.21. The molecule has 0 aliphatic carbocycles. The lowest BCUT2D eigenvalue weighted by Crippen LogP contribution is -2.13. The van der Waals surface area contributed by atoms with E-state index in [1.54, 1.807) is 11.8 Å². The van der Waals surface area contributed by atoms with E-state index < -0.39 is 0 Å². The van der Waals surface area contributed by atoms with Crippen LogP contribution in [0.4, 0.5) is 0 Å². The first-order chi connectivity index (χ1) is 10.2. The van der Waals surface area contributed by atoms with Gasteiger partial charge in [0, 0.05) is 5.75 Å². The molecule has 1 atom stereocenters. The first-order valence-corrected chi connectivity index (χ1v) is 8.14. The Labute approximate surface area is 130 Å². The van der Waals surface area contributed by atoms with Crippen LogP contribution in [0.15, 0.2) is 54.6 Å². The van der Waals surface area contributed by atoms with Gasteiger partial charge in [0.1, 0.15) is 5.25 Å². The van der Waals surface area contributed by atoms with Crippen molar-refractivity contribution in [1.82, 2.24) is 0 Å². The topological polar surface area (TPSA) is 26.3 Å². The van der Waals surface area contributed by atoms with Crippen LogP contribution in [-0.4, -0.2) is 12.6 Å². The van der Waals surface area contributed by atoms with E-state index >= 15 is 0 Å². The summed E-state index contributed by atoms with van der Waals surface area (Å²) in [5, 5.41) is -0.272. The standard InChI is InChI=1S/C18H20O2S/c1-3-20-18(19)17(16-10-5-4-6-11-16)21-13-15-9-7-8-14(2)12-15/h4-12,17H,3,13H2,1-2H3. The summed E-state index contributed by atoms with van der Waals surface area (Å²) in [5.41, 5.74) is 3.46. The van der Waals surface area contributed by atoms with Crippen molar-refractivity contribution in [3.63, 3.8) is 0 Å². The van der Waals surface area contributed by atoms with Crippen LogP contribution in [0.5, 0.6) is 0 Å². The first-order valence-electron chi connectivity index (χ1n) is 7.09. The lowest BCUT2D eigenvalue weighted by atomic mass is 10.1. The third kappa shape index (κ3) is 4.64. The van der Waals surface area contributed by atoms with Gasteiger partial charge in [0.25, 0.3) is 0 Å². The van der Waals surface area contributed by atoms with E-state index in [1.165, 1.54) is 11.1 Å². The van der Waals surface area contributed by atoms with Crippen LogP contribution >= 0.6 is 11.8 Å². The molecule has 0 fully saturated rings. The number of rotatable bonds is 6. The zero-order valence-electron chi connectivity index (χ0n) is 12.4. The van der Waals surface area contributed by atoms with E-state index in [0.717, 1.165) is 11.3 Å². The molecule has 0 aliphatic rings. The quantitative estimate of drug-likeness (QED) is 0.733. The largest absolute Gasteiger partial charge is 0.465 e. The Morgan fingerprint density at radius 2 is 1.90 bits per heavy atom. The van der Waals surface area contributed by atoms with Crippen LogP contribution in [0.25, 0.3) is 0 Å². The molecule has 2 nitrogen and oxygen atoms in total. The van der Waals surface area contributed by atoms with Crippen LogP contribution < -0.4 is 0 Å². The summed E-state index contributed by atoms with van der Waals surface area (Å²) >= 11 is 1.61. The smallest absolute Gasteiger partial charge is 0.323 e. The number of aryl methyl sites for hydroxylation is 1. The van der Waals surface area contributed by atoms with Crippen molar-refractivity contribution in [3.05, 3.63) is 71.3 Å². The molecule has 110 valence electrons. The average Bonchev–Trinajstić information content (AvgIpc) is 2.49. The molecule has 2 aromatic rings. The Morgan fingerprint density at radius 3 is 2.57 bits per heavy atom. The normalized spacial score (nSPS) is 11.9. The highest BCUT2D eigenvalue weighted by molar-refractivity contribution is 7.99. The van der Waals surface area contributed by atoms with Gasteiger partial charge in [0.05, 0.1) is 6.61 Å². The fraction of sp³-hybridized carbons (Fsp3) is 0.278. The minimum atomic E-state index is -0.272. The summed E-state index contributed by atoms with van der Waals surface area (Å²) in [6, 6.07) is 18.2. The van der Waals surface area contributed by atoms with Gasteiger partial charge in [0.15, 0.2) is 0 Å². The molecule has 2 aromatic carbocycles. The Morgan fingerprint density at radius 1 is 1.14 bits per heavy atom. The Kier molecular flexibility index (Phi) is 5.88. The summed E-state index contributed by atoms with van der Waals surface area (Å²) in [4.78, 5) is 12.2. The van der Waals surface area contributed by atoms with Crippen molar-refractivity contribution >= 4 is 17.7 Å². The summed E-state index contributed by atoms with van der Waals surface area (Å²) in [6.45, 7) is 4.33. The predicted molar refractivity (Wildman–Crippen MR) is 88.3 cm³/mol. The van der Waals surface area contributed by atoms with Gasteiger partial charge in [-0.05, 0) is 25.0 Å². The zero-order valence-corrected chi connectivity index (χ0v) is 13.2. The van der Waals surface area contributed by atoms with E-state index in [9.17, 15) is 4.79 Å². The third-order valence-electron chi connectivity index (χ3n) is 3.10. The number of carbonyl (C=O) groups excluding carboxylic acids is 1. The summed E-state index contributed by atoms with van der Waals surface area (Å²) in [7, 11) is 0. The van der Waals surface area contributed by atoms with Gasteiger partial charge in [0.2, 0.25) is 0 Å². The van der Waals surface area contributed by atoms with Crippen molar-refractivity contribution < 1.29 is 9.53 Å². The summed E-state index contributed by atoms with van der Waals surface area (Å²) in [6.07, 6.45) is 0. The molecule has 0 aromatic heterocycles. The number of hydrogen-bond acceptors (Lipinski definition) is 3. The van der Waals surface area contributed by atoms with E-state index in [-0.39, 0.29) is 11.2 Å². The number of ether oxygens (including phenoxy) is 1. The van der Waals surface area contributed by atoms with Crippen LogP contribution in [0.2, 0.25) is 0 Å². The van der Waals surface area contributed by atoms with Gasteiger partial charge in [-0.15, -0.1) is 11.8 Å². The third-order valence-corrected chi connectivity index (χ3v) is 4.40. The molecule has 3 heteroatoms. The fourth-order valence-electron chi connectivity index (χ4n) is 2.13. The molecular weight excluding hydrogens is 280 g/mol. The highest BCUT2D eigenvalue weighted by Gasteiger charge is 2.22. The van der Waals surface area contributed by atoms with Crippen molar-refractivity contribution in [1.29, 1.82) is 0 Å². The van der Waals surface area contributed by atoms with Gasteiger partial charge >= 0.3 is 5.97 Å². The molecule has 0 N–H and O–H groups in total. The van der Waals surface area contributed by atoms with Crippen LogP contribution in [0.3, 0.4) is 0 Å². The van der Waals surface area contributed by atoms with Gasteiger partial charge in [-0.3, -0.25) is 4.79 Å². The molecule has 21 heavy (non-hydrogen) atoms. The molecule has 0 amide bonds. The lowest BCUT2D eigenvalue weighted by molar-refractivity contribution is -0.142. The Balaban J connectivity index is 2.11. The van der Waals surface area contributed by atoms with Gasteiger partial charge in [-0.2, -0.15) is 0 Å². The van der Waals surface area contributed by atoms with Gasteiger partial charge < -0.3 is 4.74 Å². The second-order valence-corrected chi connectivity index (χ2v) is 5.94. The highest BCUT2D eigenvalue weighted by atomic mass is 32.2. The maximum Gasteiger partial charge on any atom is 0.323 e. The highest BCUT2D eigenvalue weighted by Crippen LogP contribution is 2.32. The predicted octanol–water partition coefficient (Wildman–Crippen LogP) is 4.53. The zero-order chi connectivity index (χ0) is 15.1. The maximum atomic E-state index is 12.2. The molecule has 0 saturated carbocycles. The van der Waals surface area contributed by atoms with Crippen molar-refractivity contribution in [3.8, 4) is 0 Å². The molecule has 0 radical (unpaired) electrons. The van der Waals surface area contributed by atoms with E-state index in [1.807, 2.05) is 43.3 Å². The monoisotopic (exact) mass is 300 g/mol. The molecule has 0 spiro atoms. The molecule has 0 saturated heterocycles. The number of thioether (sulfide) groups is 1. The molecule has 1 unspecified atom stereocenters. The number of hydrogen-bond donors (Lipinski definition) is 0. The van der Waals surface area contributed by atoms with Crippen molar-refractivity contribution in [2.75, 3.05) is 6.61 Å². The fourth-order valence-corrected chi connectivity index (χ4v) is 3.22. The minimum Gasteiger partial charge on any atom is -0.465 e. The van der Waals surface area contributed by atoms with Crippen LogP contribution in [-0.2, 0) is 15.3 Å². The van der Waals surface area contributed by atoms with Gasteiger partial charge in [-0.25, -0.2) is 0 Å². The first kappa shape index (κ1) is 15.6. The summed E-state index contributed by atoms with van der Waals surface area (Å²) in [5.74, 6) is 0.626. The Hall–Kier alpha value is -1.74. The number of esters is 1. The molecule has 0 heterocycles.